The number of amides is 1. The molecule has 0 aliphatic carbocycles. The Kier molecular flexibility index (Phi) is 3.25. The van der Waals surface area contributed by atoms with Crippen LogP contribution in [0.1, 0.15) is 41.2 Å². The molecule has 0 saturated heterocycles. The lowest BCUT2D eigenvalue weighted by atomic mass is 9.87. The highest BCUT2D eigenvalue weighted by atomic mass is 35.5. The van der Waals surface area contributed by atoms with E-state index in [1.807, 2.05) is 23.1 Å². The summed E-state index contributed by atoms with van der Waals surface area (Å²) in [6.45, 7) is 6.45. The quantitative estimate of drug-likeness (QED) is 0.845. The molecule has 3 heterocycles. The first-order chi connectivity index (χ1) is 11.0. The number of carbonyl (C=O) groups is 1. The van der Waals surface area contributed by atoms with E-state index in [-0.39, 0.29) is 11.3 Å². The van der Waals surface area contributed by atoms with E-state index in [9.17, 15) is 4.79 Å². The average Bonchev–Trinajstić information content (AvgIpc) is 3.06. The third-order valence-electron chi connectivity index (χ3n) is 4.77. The van der Waals surface area contributed by atoms with Gasteiger partial charge in [0.25, 0.3) is 5.91 Å². The summed E-state index contributed by atoms with van der Waals surface area (Å²) in [5.74, 6) is -0.0553. The third kappa shape index (κ3) is 2.18. The van der Waals surface area contributed by atoms with Crippen LogP contribution in [0.15, 0.2) is 18.2 Å². The Labute approximate surface area is 140 Å². The minimum absolute atomic E-state index is 0.0553. The lowest BCUT2D eigenvalue weighted by molar-refractivity contribution is 0.0980. The number of benzene rings is 1. The molecule has 2 aliphatic rings. The van der Waals surface area contributed by atoms with E-state index in [1.165, 1.54) is 0 Å². The highest BCUT2D eigenvalue weighted by Crippen LogP contribution is 2.44. The zero-order valence-electron chi connectivity index (χ0n) is 13.2. The minimum Gasteiger partial charge on any atom is -0.312 e. The number of halogens is 1. The van der Waals surface area contributed by atoms with E-state index < -0.39 is 0 Å². The normalized spacial score (nSPS) is 18.7. The molecule has 6 heteroatoms. The summed E-state index contributed by atoms with van der Waals surface area (Å²) in [5.41, 5.74) is 4.35. The molecule has 1 aromatic carbocycles. The molecule has 0 bridgehead atoms. The minimum atomic E-state index is -0.169. The van der Waals surface area contributed by atoms with Gasteiger partial charge >= 0.3 is 0 Å². The van der Waals surface area contributed by atoms with Crippen LogP contribution in [-0.2, 0) is 18.4 Å². The first-order valence-electron chi connectivity index (χ1n) is 7.87. The van der Waals surface area contributed by atoms with Crippen LogP contribution in [0.2, 0.25) is 5.02 Å². The van der Waals surface area contributed by atoms with Crippen LogP contribution in [0.4, 0.5) is 5.69 Å². The second kappa shape index (κ2) is 5.08. The highest BCUT2D eigenvalue weighted by molar-refractivity contribution is 6.32. The molecule has 2 N–H and O–H groups in total. The third-order valence-corrected chi connectivity index (χ3v) is 5.08. The number of hydrogen-bond acceptors (Lipinski definition) is 3. The van der Waals surface area contributed by atoms with Gasteiger partial charge in [0.15, 0.2) is 5.69 Å². The number of aromatic nitrogens is 2. The molecule has 0 atom stereocenters. The number of rotatable bonds is 1. The fourth-order valence-corrected chi connectivity index (χ4v) is 4.10. The number of carbonyl (C=O) groups excluding carboxylic acids is 1. The zero-order valence-corrected chi connectivity index (χ0v) is 14.0. The van der Waals surface area contributed by atoms with Gasteiger partial charge in [0.2, 0.25) is 0 Å². The maximum atomic E-state index is 13.1. The van der Waals surface area contributed by atoms with E-state index in [0.717, 1.165) is 35.5 Å². The summed E-state index contributed by atoms with van der Waals surface area (Å²) in [6.07, 6.45) is 0.878. The molecule has 23 heavy (non-hydrogen) atoms. The second-order valence-corrected chi connectivity index (χ2v) is 7.27. The molecular weight excluding hydrogens is 312 g/mol. The predicted octanol–water partition coefficient (Wildman–Crippen LogP) is 2.65. The summed E-state index contributed by atoms with van der Waals surface area (Å²) in [6, 6.07) is 5.74. The second-order valence-electron chi connectivity index (χ2n) is 6.87. The van der Waals surface area contributed by atoms with Gasteiger partial charge in [-0.25, -0.2) is 0 Å². The molecule has 5 nitrogen and oxygen atoms in total. The Balaban J connectivity index is 1.77. The van der Waals surface area contributed by atoms with Gasteiger partial charge in [0.1, 0.15) is 0 Å². The molecule has 4 rings (SSSR count). The number of hydrogen-bond donors (Lipinski definition) is 2. The molecule has 0 radical (unpaired) electrons. The van der Waals surface area contributed by atoms with E-state index >= 15 is 0 Å². The Morgan fingerprint density at radius 2 is 2.22 bits per heavy atom. The fourth-order valence-electron chi connectivity index (χ4n) is 3.68. The van der Waals surface area contributed by atoms with Gasteiger partial charge in [-0.15, -0.1) is 0 Å². The van der Waals surface area contributed by atoms with Crippen LogP contribution < -0.4 is 10.2 Å². The van der Waals surface area contributed by atoms with Crippen LogP contribution in [0.3, 0.4) is 0 Å². The maximum absolute atomic E-state index is 13.1. The van der Waals surface area contributed by atoms with Gasteiger partial charge in [0.05, 0.1) is 0 Å². The van der Waals surface area contributed by atoms with Crippen molar-refractivity contribution in [2.75, 3.05) is 18.0 Å². The van der Waals surface area contributed by atoms with Crippen molar-refractivity contribution < 1.29 is 4.79 Å². The standard InChI is InChI=1S/C17H19ClN4O/c1-17(2)9-22(13-5-3-4-11(18)14(13)17)16(23)15-10-8-19-7-6-12(10)20-21-15/h3-5,19H,6-9H2,1-2H3,(H,20,21). The largest absolute Gasteiger partial charge is 0.312 e. The van der Waals surface area contributed by atoms with E-state index in [4.69, 9.17) is 11.6 Å². The van der Waals surface area contributed by atoms with Crippen LogP contribution in [-0.4, -0.2) is 29.2 Å². The molecule has 2 aliphatic heterocycles. The summed E-state index contributed by atoms with van der Waals surface area (Å²) < 4.78 is 0. The van der Waals surface area contributed by atoms with Crippen LogP contribution in [0, 0.1) is 0 Å². The van der Waals surface area contributed by atoms with E-state index in [0.29, 0.717) is 23.8 Å². The molecule has 0 unspecified atom stereocenters. The van der Waals surface area contributed by atoms with E-state index in [2.05, 4.69) is 29.4 Å². The van der Waals surface area contributed by atoms with Gasteiger partial charge in [-0.1, -0.05) is 31.5 Å². The summed E-state index contributed by atoms with van der Waals surface area (Å²) in [7, 11) is 0. The Bertz CT molecular complexity index is 796. The van der Waals surface area contributed by atoms with Crippen molar-refractivity contribution in [3.8, 4) is 0 Å². The van der Waals surface area contributed by atoms with Gasteiger partial charge in [-0.3, -0.25) is 9.89 Å². The lowest BCUT2D eigenvalue weighted by Gasteiger charge is -2.21. The molecule has 2 aromatic rings. The molecule has 0 fully saturated rings. The van der Waals surface area contributed by atoms with Crippen molar-refractivity contribution in [1.29, 1.82) is 0 Å². The van der Waals surface area contributed by atoms with Crippen molar-refractivity contribution in [2.45, 2.75) is 32.2 Å². The zero-order chi connectivity index (χ0) is 16.2. The van der Waals surface area contributed by atoms with Crippen molar-refractivity contribution in [3.63, 3.8) is 0 Å². The molecular formula is C17H19ClN4O. The van der Waals surface area contributed by atoms with Gasteiger partial charge < -0.3 is 10.2 Å². The number of fused-ring (bicyclic) bond motifs is 2. The Hall–Kier alpha value is -1.85. The van der Waals surface area contributed by atoms with Gasteiger partial charge in [0, 0.05) is 59.0 Å². The molecule has 0 saturated carbocycles. The molecule has 1 amide bonds. The number of aromatic amines is 1. The van der Waals surface area contributed by atoms with Crippen molar-refractivity contribution >= 4 is 23.2 Å². The highest BCUT2D eigenvalue weighted by Gasteiger charge is 2.41. The summed E-state index contributed by atoms with van der Waals surface area (Å²) >= 11 is 6.39. The topological polar surface area (TPSA) is 61.0 Å². The molecule has 0 spiro atoms. The van der Waals surface area contributed by atoms with Crippen LogP contribution >= 0.6 is 11.6 Å². The Morgan fingerprint density at radius 3 is 3.04 bits per heavy atom. The molecule has 120 valence electrons. The lowest BCUT2D eigenvalue weighted by Crippen LogP contribution is -2.35. The predicted molar refractivity (Wildman–Crippen MR) is 90.2 cm³/mol. The Morgan fingerprint density at radius 1 is 1.39 bits per heavy atom. The number of anilines is 1. The van der Waals surface area contributed by atoms with Crippen molar-refractivity contribution in [2.24, 2.45) is 0 Å². The number of nitrogens with one attached hydrogen (secondary N) is 2. The molecule has 1 aromatic heterocycles. The van der Waals surface area contributed by atoms with Crippen LogP contribution in [0.25, 0.3) is 0 Å². The van der Waals surface area contributed by atoms with Crippen molar-refractivity contribution in [1.82, 2.24) is 15.5 Å². The van der Waals surface area contributed by atoms with Gasteiger partial charge in [-0.2, -0.15) is 5.10 Å². The summed E-state index contributed by atoms with van der Waals surface area (Å²) in [5, 5.41) is 11.3. The van der Waals surface area contributed by atoms with Crippen molar-refractivity contribution in [3.05, 3.63) is 45.7 Å². The van der Waals surface area contributed by atoms with Gasteiger partial charge in [-0.05, 0) is 12.1 Å². The summed E-state index contributed by atoms with van der Waals surface area (Å²) in [4.78, 5) is 14.9. The smallest absolute Gasteiger partial charge is 0.279 e. The van der Waals surface area contributed by atoms with E-state index in [1.54, 1.807) is 0 Å². The average molecular weight is 331 g/mol. The number of nitrogens with zero attached hydrogens (tertiary/aromatic N) is 2. The monoisotopic (exact) mass is 330 g/mol. The number of H-pyrrole nitrogens is 1. The fraction of sp³-hybridized carbons (Fsp3) is 0.412. The first-order valence-corrected chi connectivity index (χ1v) is 8.24. The maximum Gasteiger partial charge on any atom is 0.279 e. The first kappa shape index (κ1) is 14.7. The SMILES string of the molecule is CC1(C)CN(C(=O)c2n[nH]c3c2CNCC3)c2cccc(Cl)c21. The van der Waals surface area contributed by atoms with Crippen LogP contribution in [0.5, 0.6) is 0 Å².